The maximum atomic E-state index is 9.21. The third-order valence-electron chi connectivity index (χ3n) is 2.97. The molecule has 5 nitrogen and oxygen atoms in total. The van der Waals surface area contributed by atoms with Gasteiger partial charge in [0.2, 0.25) is 0 Å². The summed E-state index contributed by atoms with van der Waals surface area (Å²) in [5, 5.41) is 12.5. The second-order valence-electron chi connectivity index (χ2n) is 4.07. The standard InChI is InChI=1S/C14H23NO4/c1-5-15-11(6-7-16)14-12(18-3)8-10(17-2)9-13(14)19-4/h8-9,11,15-16H,5-7H2,1-4H3. The first-order chi connectivity index (χ1) is 9.21. The van der Waals surface area contributed by atoms with Crippen LogP contribution in [0.25, 0.3) is 0 Å². The number of methoxy groups -OCH3 is 3. The molecule has 1 atom stereocenters. The van der Waals surface area contributed by atoms with Crippen LogP contribution in [0.2, 0.25) is 0 Å². The van der Waals surface area contributed by atoms with Gasteiger partial charge in [0.25, 0.3) is 0 Å². The lowest BCUT2D eigenvalue weighted by atomic mass is 10.0. The van der Waals surface area contributed by atoms with E-state index in [-0.39, 0.29) is 12.6 Å². The molecule has 0 radical (unpaired) electrons. The zero-order valence-corrected chi connectivity index (χ0v) is 12.0. The van der Waals surface area contributed by atoms with Crippen LogP contribution in [-0.4, -0.2) is 39.6 Å². The smallest absolute Gasteiger partial charge is 0.131 e. The van der Waals surface area contributed by atoms with Gasteiger partial charge in [-0.1, -0.05) is 6.92 Å². The monoisotopic (exact) mass is 269 g/mol. The largest absolute Gasteiger partial charge is 0.496 e. The van der Waals surface area contributed by atoms with Gasteiger partial charge < -0.3 is 24.6 Å². The highest BCUT2D eigenvalue weighted by atomic mass is 16.5. The Bertz CT molecular complexity index is 364. The summed E-state index contributed by atoms with van der Waals surface area (Å²) in [5.74, 6) is 2.06. The fourth-order valence-electron chi connectivity index (χ4n) is 2.10. The molecule has 0 spiro atoms. The van der Waals surface area contributed by atoms with Gasteiger partial charge in [-0.15, -0.1) is 0 Å². The van der Waals surface area contributed by atoms with E-state index in [0.717, 1.165) is 12.1 Å². The summed E-state index contributed by atoms with van der Waals surface area (Å²) in [7, 11) is 4.82. The zero-order valence-electron chi connectivity index (χ0n) is 12.0. The van der Waals surface area contributed by atoms with E-state index in [1.54, 1.807) is 21.3 Å². The highest BCUT2D eigenvalue weighted by molar-refractivity contribution is 5.52. The van der Waals surface area contributed by atoms with Crippen LogP contribution in [0, 0.1) is 0 Å². The van der Waals surface area contributed by atoms with Crippen molar-refractivity contribution in [3.05, 3.63) is 17.7 Å². The number of hydrogen-bond donors (Lipinski definition) is 2. The quantitative estimate of drug-likeness (QED) is 0.753. The van der Waals surface area contributed by atoms with Crippen LogP contribution < -0.4 is 19.5 Å². The molecule has 19 heavy (non-hydrogen) atoms. The Hall–Kier alpha value is -1.46. The summed E-state index contributed by atoms with van der Waals surface area (Å²) in [6.45, 7) is 2.91. The minimum atomic E-state index is -0.0224. The molecule has 1 aromatic carbocycles. The van der Waals surface area contributed by atoms with Gasteiger partial charge in [0.1, 0.15) is 17.2 Å². The molecule has 0 amide bonds. The molecule has 0 heterocycles. The van der Waals surface area contributed by atoms with Crippen molar-refractivity contribution in [3.63, 3.8) is 0 Å². The van der Waals surface area contributed by atoms with Crippen LogP contribution in [0.4, 0.5) is 0 Å². The Labute approximate surface area is 114 Å². The molecule has 0 aliphatic carbocycles. The molecule has 0 aliphatic heterocycles. The number of aliphatic hydroxyl groups excluding tert-OH is 1. The lowest BCUT2D eigenvalue weighted by Crippen LogP contribution is -2.23. The maximum absolute atomic E-state index is 9.21. The third-order valence-corrected chi connectivity index (χ3v) is 2.97. The lowest BCUT2D eigenvalue weighted by Gasteiger charge is -2.23. The molecule has 0 aromatic heterocycles. The van der Waals surface area contributed by atoms with Crippen molar-refractivity contribution in [1.82, 2.24) is 5.32 Å². The van der Waals surface area contributed by atoms with E-state index in [4.69, 9.17) is 14.2 Å². The summed E-state index contributed by atoms with van der Waals surface area (Å²) >= 11 is 0. The molecule has 0 fully saturated rings. The van der Waals surface area contributed by atoms with Crippen LogP contribution in [0.5, 0.6) is 17.2 Å². The van der Waals surface area contributed by atoms with Crippen molar-refractivity contribution < 1.29 is 19.3 Å². The predicted molar refractivity (Wildman–Crippen MR) is 74.2 cm³/mol. The van der Waals surface area contributed by atoms with Crippen molar-refractivity contribution in [3.8, 4) is 17.2 Å². The third kappa shape index (κ3) is 3.75. The molecule has 0 aliphatic rings. The second kappa shape index (κ2) is 7.86. The van der Waals surface area contributed by atoms with Crippen molar-refractivity contribution in [2.75, 3.05) is 34.5 Å². The van der Waals surface area contributed by atoms with Crippen LogP contribution in [0.3, 0.4) is 0 Å². The molecular formula is C14H23NO4. The minimum absolute atomic E-state index is 0.0224. The Morgan fingerprint density at radius 2 is 1.68 bits per heavy atom. The number of ether oxygens (including phenoxy) is 3. The Morgan fingerprint density at radius 3 is 2.05 bits per heavy atom. The van der Waals surface area contributed by atoms with E-state index < -0.39 is 0 Å². The number of nitrogens with one attached hydrogen (secondary N) is 1. The van der Waals surface area contributed by atoms with Gasteiger partial charge in [0, 0.05) is 24.8 Å². The average Bonchev–Trinajstić information content (AvgIpc) is 2.45. The predicted octanol–water partition coefficient (Wildman–Crippen LogP) is 1.75. The first kappa shape index (κ1) is 15.6. The van der Waals surface area contributed by atoms with Crippen LogP contribution in [-0.2, 0) is 0 Å². The summed E-state index contributed by atoms with van der Waals surface area (Å²) in [5.41, 5.74) is 0.904. The molecule has 2 N–H and O–H groups in total. The summed E-state index contributed by atoms with van der Waals surface area (Å²) in [6, 6.07) is 3.62. The number of aliphatic hydroxyl groups is 1. The van der Waals surface area contributed by atoms with E-state index >= 15 is 0 Å². The Kier molecular flexibility index (Phi) is 6.45. The SMILES string of the molecule is CCNC(CCO)c1c(OC)cc(OC)cc1OC. The van der Waals surface area contributed by atoms with E-state index in [1.807, 2.05) is 19.1 Å². The van der Waals surface area contributed by atoms with Gasteiger partial charge in [-0.05, 0) is 13.0 Å². The Balaban J connectivity index is 3.27. The first-order valence-electron chi connectivity index (χ1n) is 6.35. The Morgan fingerprint density at radius 1 is 1.11 bits per heavy atom. The van der Waals surface area contributed by atoms with Crippen molar-refractivity contribution >= 4 is 0 Å². The molecule has 0 saturated heterocycles. The van der Waals surface area contributed by atoms with Gasteiger partial charge in [-0.2, -0.15) is 0 Å². The first-order valence-corrected chi connectivity index (χ1v) is 6.35. The van der Waals surface area contributed by atoms with E-state index in [1.165, 1.54) is 0 Å². The zero-order chi connectivity index (χ0) is 14.3. The summed E-state index contributed by atoms with van der Waals surface area (Å²) < 4.78 is 16.1. The topological polar surface area (TPSA) is 60.0 Å². The van der Waals surface area contributed by atoms with Gasteiger partial charge in [0.05, 0.1) is 26.9 Å². The highest BCUT2D eigenvalue weighted by Gasteiger charge is 2.21. The van der Waals surface area contributed by atoms with Crippen molar-refractivity contribution in [2.45, 2.75) is 19.4 Å². The molecule has 1 aromatic rings. The molecule has 0 bridgehead atoms. The highest BCUT2D eigenvalue weighted by Crippen LogP contribution is 2.39. The summed E-state index contributed by atoms with van der Waals surface area (Å²) in [6.07, 6.45) is 0.590. The normalized spacial score (nSPS) is 12.1. The van der Waals surface area contributed by atoms with Gasteiger partial charge in [-0.25, -0.2) is 0 Å². The number of hydrogen-bond acceptors (Lipinski definition) is 5. The molecular weight excluding hydrogens is 246 g/mol. The fraction of sp³-hybridized carbons (Fsp3) is 0.571. The van der Waals surface area contributed by atoms with E-state index in [9.17, 15) is 5.11 Å². The molecule has 0 saturated carbocycles. The van der Waals surface area contributed by atoms with E-state index in [0.29, 0.717) is 23.7 Å². The average molecular weight is 269 g/mol. The molecule has 108 valence electrons. The lowest BCUT2D eigenvalue weighted by molar-refractivity contribution is 0.261. The van der Waals surface area contributed by atoms with E-state index in [2.05, 4.69) is 5.32 Å². The molecule has 1 rings (SSSR count). The van der Waals surface area contributed by atoms with Crippen LogP contribution >= 0.6 is 0 Å². The number of rotatable bonds is 8. The number of benzene rings is 1. The molecule has 1 unspecified atom stereocenters. The maximum Gasteiger partial charge on any atom is 0.131 e. The minimum Gasteiger partial charge on any atom is -0.496 e. The van der Waals surface area contributed by atoms with Crippen LogP contribution in [0.15, 0.2) is 12.1 Å². The van der Waals surface area contributed by atoms with Crippen molar-refractivity contribution in [2.24, 2.45) is 0 Å². The summed E-state index contributed by atoms with van der Waals surface area (Å²) in [4.78, 5) is 0. The van der Waals surface area contributed by atoms with Crippen LogP contribution in [0.1, 0.15) is 24.9 Å². The van der Waals surface area contributed by atoms with Gasteiger partial charge in [-0.3, -0.25) is 0 Å². The second-order valence-corrected chi connectivity index (χ2v) is 4.07. The molecule has 5 heteroatoms. The van der Waals surface area contributed by atoms with Gasteiger partial charge >= 0.3 is 0 Å². The fourth-order valence-corrected chi connectivity index (χ4v) is 2.10. The van der Waals surface area contributed by atoms with Crippen molar-refractivity contribution in [1.29, 1.82) is 0 Å². The van der Waals surface area contributed by atoms with Gasteiger partial charge in [0.15, 0.2) is 0 Å².